The molecule has 0 amide bonds. The molecule has 1 atom stereocenters. The summed E-state index contributed by atoms with van der Waals surface area (Å²) < 4.78 is 35.9. The van der Waals surface area contributed by atoms with Gasteiger partial charge in [-0.3, -0.25) is 0 Å². The van der Waals surface area contributed by atoms with Crippen molar-refractivity contribution in [2.75, 3.05) is 18.0 Å². The molecule has 0 aliphatic carbocycles. The fourth-order valence-corrected chi connectivity index (χ4v) is 2.82. The van der Waals surface area contributed by atoms with E-state index < -0.39 is 22.2 Å². The number of hydrogen-bond donors (Lipinski definition) is 2. The van der Waals surface area contributed by atoms with Gasteiger partial charge in [-0.2, -0.15) is 0 Å². The molecule has 1 aromatic carbocycles. The molecule has 0 radical (unpaired) electrons. The summed E-state index contributed by atoms with van der Waals surface area (Å²) in [5, 5.41) is 14.2. The lowest BCUT2D eigenvalue weighted by molar-refractivity contribution is 0.0697. The molecule has 0 bridgehead atoms. The van der Waals surface area contributed by atoms with Crippen molar-refractivity contribution in [3.05, 3.63) is 23.8 Å². The molecule has 6 nitrogen and oxygen atoms in total. The lowest BCUT2D eigenvalue weighted by Crippen LogP contribution is -2.37. The quantitative estimate of drug-likeness (QED) is 0.866. The second kappa shape index (κ2) is 5.37. The maximum absolute atomic E-state index is 13.4. The first-order valence-electron chi connectivity index (χ1n) is 6.08. The zero-order valence-electron chi connectivity index (χ0n) is 10.6. The van der Waals surface area contributed by atoms with Crippen LogP contribution in [0.25, 0.3) is 0 Å². The van der Waals surface area contributed by atoms with E-state index in [2.05, 4.69) is 0 Å². The molecule has 20 heavy (non-hydrogen) atoms. The monoisotopic (exact) mass is 302 g/mol. The number of hydrogen-bond acceptors (Lipinski definition) is 4. The Morgan fingerprint density at radius 1 is 1.45 bits per heavy atom. The van der Waals surface area contributed by atoms with Crippen LogP contribution in [0.1, 0.15) is 23.2 Å². The van der Waals surface area contributed by atoms with Gasteiger partial charge in [-0.25, -0.2) is 22.7 Å². The number of rotatable bonds is 3. The van der Waals surface area contributed by atoms with E-state index in [4.69, 9.17) is 5.14 Å². The molecule has 0 aromatic heterocycles. The van der Waals surface area contributed by atoms with Crippen molar-refractivity contribution in [3.63, 3.8) is 0 Å². The number of carboxylic acid groups (broad SMARTS) is 1. The number of alkyl halides is 1. The fraction of sp³-hybridized carbons (Fsp3) is 0.417. The Morgan fingerprint density at radius 2 is 2.15 bits per heavy atom. The third kappa shape index (κ3) is 3.07. The van der Waals surface area contributed by atoms with Crippen molar-refractivity contribution >= 4 is 21.7 Å². The second-order valence-electron chi connectivity index (χ2n) is 4.71. The van der Waals surface area contributed by atoms with Crippen LogP contribution >= 0.6 is 0 Å². The minimum atomic E-state index is -3.97. The summed E-state index contributed by atoms with van der Waals surface area (Å²) in [6.07, 6.45) is 0.0639. The number of carboxylic acids is 1. The van der Waals surface area contributed by atoms with E-state index in [0.29, 0.717) is 25.1 Å². The predicted octanol–water partition coefficient (Wildman–Crippen LogP) is 0.970. The first kappa shape index (κ1) is 14.7. The molecule has 0 saturated carbocycles. The van der Waals surface area contributed by atoms with E-state index in [1.165, 1.54) is 12.1 Å². The largest absolute Gasteiger partial charge is 0.478 e. The highest BCUT2D eigenvalue weighted by molar-refractivity contribution is 7.89. The first-order valence-corrected chi connectivity index (χ1v) is 7.63. The number of aromatic carboxylic acids is 1. The third-order valence-electron chi connectivity index (χ3n) is 3.23. The molecule has 1 aliphatic heterocycles. The highest BCUT2D eigenvalue weighted by atomic mass is 32.2. The van der Waals surface area contributed by atoms with Crippen LogP contribution in [-0.4, -0.2) is 38.8 Å². The van der Waals surface area contributed by atoms with E-state index >= 15 is 0 Å². The van der Waals surface area contributed by atoms with Crippen molar-refractivity contribution in [2.45, 2.75) is 23.9 Å². The summed E-state index contributed by atoms with van der Waals surface area (Å²) in [7, 11) is -3.97. The molecule has 1 unspecified atom stereocenters. The lowest BCUT2D eigenvalue weighted by Gasteiger charge is -2.32. The maximum Gasteiger partial charge on any atom is 0.337 e. The standard InChI is InChI=1S/C12H15FN2O4S/c13-8-2-1-5-15(7-8)11-4-3-9(20(14,18)19)6-10(11)12(16)17/h3-4,6,8H,1-2,5,7H2,(H,16,17)(H2,14,18,19). The van der Waals surface area contributed by atoms with Gasteiger partial charge in [0.05, 0.1) is 16.1 Å². The third-order valence-corrected chi connectivity index (χ3v) is 4.14. The van der Waals surface area contributed by atoms with Crippen LogP contribution in [0.2, 0.25) is 0 Å². The highest BCUT2D eigenvalue weighted by Crippen LogP contribution is 2.27. The van der Waals surface area contributed by atoms with Crippen molar-refractivity contribution in [2.24, 2.45) is 5.14 Å². The predicted molar refractivity (Wildman–Crippen MR) is 71.1 cm³/mol. The molecule has 110 valence electrons. The van der Waals surface area contributed by atoms with Crippen LogP contribution in [0, 0.1) is 0 Å². The Kier molecular flexibility index (Phi) is 3.96. The van der Waals surface area contributed by atoms with Crippen molar-refractivity contribution in [1.82, 2.24) is 0 Å². The smallest absolute Gasteiger partial charge is 0.337 e. The number of nitrogens with zero attached hydrogens (tertiary/aromatic N) is 1. The van der Waals surface area contributed by atoms with Gasteiger partial charge in [0.15, 0.2) is 0 Å². The zero-order chi connectivity index (χ0) is 14.9. The van der Waals surface area contributed by atoms with E-state index in [9.17, 15) is 22.7 Å². The lowest BCUT2D eigenvalue weighted by atomic mass is 10.1. The van der Waals surface area contributed by atoms with Gasteiger partial charge < -0.3 is 10.0 Å². The Bertz CT molecular complexity index is 632. The maximum atomic E-state index is 13.4. The van der Waals surface area contributed by atoms with Crippen LogP contribution in [-0.2, 0) is 10.0 Å². The Labute approximate surface area is 116 Å². The van der Waals surface area contributed by atoms with Crippen molar-refractivity contribution < 1.29 is 22.7 Å². The van der Waals surface area contributed by atoms with Crippen molar-refractivity contribution in [3.8, 4) is 0 Å². The van der Waals surface area contributed by atoms with Gasteiger partial charge in [-0.1, -0.05) is 0 Å². The number of anilines is 1. The van der Waals surface area contributed by atoms with Gasteiger partial charge in [-0.05, 0) is 31.0 Å². The Balaban J connectivity index is 2.45. The van der Waals surface area contributed by atoms with Crippen LogP contribution in [0.15, 0.2) is 23.1 Å². The number of nitrogens with two attached hydrogens (primary N) is 1. The van der Waals surface area contributed by atoms with Gasteiger partial charge in [0, 0.05) is 13.1 Å². The summed E-state index contributed by atoms with van der Waals surface area (Å²) in [5.41, 5.74) is 0.123. The van der Waals surface area contributed by atoms with E-state index in [0.717, 1.165) is 6.07 Å². The van der Waals surface area contributed by atoms with Crippen molar-refractivity contribution in [1.29, 1.82) is 0 Å². The summed E-state index contributed by atoms with van der Waals surface area (Å²) in [6.45, 7) is 0.643. The van der Waals surface area contributed by atoms with Gasteiger partial charge in [-0.15, -0.1) is 0 Å². The van der Waals surface area contributed by atoms with E-state index in [1.54, 1.807) is 4.90 Å². The van der Waals surface area contributed by atoms with Crippen LogP contribution in [0.4, 0.5) is 10.1 Å². The van der Waals surface area contributed by atoms with Gasteiger partial charge in [0.25, 0.3) is 0 Å². The van der Waals surface area contributed by atoms with Gasteiger partial charge in [0.1, 0.15) is 6.17 Å². The topological polar surface area (TPSA) is 101 Å². The molecule has 1 fully saturated rings. The number of sulfonamides is 1. The molecule has 1 aromatic rings. The molecular formula is C12H15FN2O4S. The summed E-state index contributed by atoms with van der Waals surface area (Å²) in [6, 6.07) is 3.61. The summed E-state index contributed by atoms with van der Waals surface area (Å²) in [5.74, 6) is -1.27. The first-order chi connectivity index (χ1) is 9.29. The number of primary sulfonamides is 1. The molecule has 3 N–H and O–H groups in total. The van der Waals surface area contributed by atoms with Crippen LogP contribution < -0.4 is 10.0 Å². The van der Waals surface area contributed by atoms with Crippen LogP contribution in [0.3, 0.4) is 0 Å². The van der Waals surface area contributed by atoms with E-state index in [1.807, 2.05) is 0 Å². The number of benzene rings is 1. The number of carbonyl (C=O) groups is 1. The fourth-order valence-electron chi connectivity index (χ4n) is 2.28. The molecular weight excluding hydrogens is 287 g/mol. The number of piperidine rings is 1. The molecule has 1 saturated heterocycles. The minimum Gasteiger partial charge on any atom is -0.478 e. The van der Waals surface area contributed by atoms with Gasteiger partial charge >= 0.3 is 5.97 Å². The summed E-state index contributed by atoms with van der Waals surface area (Å²) in [4.78, 5) is 12.6. The van der Waals surface area contributed by atoms with E-state index in [-0.39, 0.29) is 17.0 Å². The molecule has 0 spiro atoms. The normalized spacial score (nSPS) is 19.9. The Hall–Kier alpha value is -1.67. The molecule has 8 heteroatoms. The number of halogens is 1. The average Bonchev–Trinajstić information content (AvgIpc) is 2.37. The Morgan fingerprint density at radius 3 is 2.70 bits per heavy atom. The SMILES string of the molecule is NS(=O)(=O)c1ccc(N2CCCC(F)C2)c(C(=O)O)c1. The summed E-state index contributed by atoms with van der Waals surface area (Å²) >= 11 is 0. The van der Waals surface area contributed by atoms with Crippen LogP contribution in [0.5, 0.6) is 0 Å². The minimum absolute atomic E-state index is 0.106. The van der Waals surface area contributed by atoms with Gasteiger partial charge in [0.2, 0.25) is 10.0 Å². The second-order valence-corrected chi connectivity index (χ2v) is 6.28. The highest BCUT2D eigenvalue weighted by Gasteiger charge is 2.24. The molecule has 1 heterocycles. The molecule has 2 rings (SSSR count). The zero-order valence-corrected chi connectivity index (χ0v) is 11.4. The molecule has 1 aliphatic rings. The average molecular weight is 302 g/mol.